The number of fused-ring (bicyclic) bond motifs is 1. The van der Waals surface area contributed by atoms with Gasteiger partial charge in [0.2, 0.25) is 0 Å². The van der Waals surface area contributed by atoms with Crippen molar-refractivity contribution in [3.63, 3.8) is 0 Å². The van der Waals surface area contributed by atoms with Crippen molar-refractivity contribution in [2.45, 2.75) is 24.9 Å². The lowest BCUT2D eigenvalue weighted by Crippen LogP contribution is -2.34. The van der Waals surface area contributed by atoms with Crippen molar-refractivity contribution in [2.24, 2.45) is 0 Å². The molecule has 2 rings (SSSR count). The van der Waals surface area contributed by atoms with Crippen LogP contribution in [0.3, 0.4) is 0 Å². The highest BCUT2D eigenvalue weighted by Crippen LogP contribution is 2.15. The lowest BCUT2D eigenvalue weighted by atomic mass is 9.98. The van der Waals surface area contributed by atoms with Crippen LogP contribution in [0.1, 0.15) is 12.8 Å². The van der Waals surface area contributed by atoms with Crippen molar-refractivity contribution in [1.29, 1.82) is 0 Å². The molecule has 0 aromatic rings. The van der Waals surface area contributed by atoms with Crippen LogP contribution in [0, 0.1) is 6.67 Å². The van der Waals surface area contributed by atoms with Crippen LogP contribution in [0.5, 0.6) is 0 Å². The molecule has 0 amide bonds. The Labute approximate surface area is 55.3 Å². The van der Waals surface area contributed by atoms with Gasteiger partial charge in [0.25, 0.3) is 0 Å². The second-order valence-corrected chi connectivity index (χ2v) is 2.63. The number of hydrogen-bond donors (Lipinski definition) is 2. The molecule has 0 spiro atoms. The topological polar surface area (TPSA) is 24.1 Å². The van der Waals surface area contributed by atoms with Crippen molar-refractivity contribution in [3.05, 3.63) is 18.8 Å². The molecule has 0 saturated carbocycles. The molecular formula is C7H11N2. The third-order valence-corrected chi connectivity index (χ3v) is 2.03. The molecule has 1 fully saturated rings. The third-order valence-electron chi connectivity index (χ3n) is 2.03. The van der Waals surface area contributed by atoms with Gasteiger partial charge >= 0.3 is 0 Å². The average Bonchev–Trinajstić information content (AvgIpc) is 2.33. The highest BCUT2D eigenvalue weighted by molar-refractivity contribution is 5.05. The minimum absolute atomic E-state index is 0.662. The maximum atomic E-state index is 3.27. The second kappa shape index (κ2) is 2.12. The molecule has 1 aliphatic heterocycles. The lowest BCUT2D eigenvalue weighted by molar-refractivity contribution is 0.499. The van der Waals surface area contributed by atoms with E-state index in [0.717, 1.165) is 0 Å². The highest BCUT2D eigenvalue weighted by atomic mass is 15.2. The molecular weight excluding hydrogens is 112 g/mol. The van der Waals surface area contributed by atoms with E-state index in [4.69, 9.17) is 0 Å². The molecule has 2 unspecified atom stereocenters. The van der Waals surface area contributed by atoms with E-state index >= 15 is 0 Å². The first-order chi connectivity index (χ1) is 4.47. The van der Waals surface area contributed by atoms with Gasteiger partial charge in [-0.15, -0.1) is 0 Å². The molecule has 0 bridgehead atoms. The Morgan fingerprint density at radius 3 is 2.11 bits per heavy atom. The van der Waals surface area contributed by atoms with E-state index in [9.17, 15) is 0 Å². The van der Waals surface area contributed by atoms with E-state index in [0.29, 0.717) is 12.1 Å². The predicted octanol–water partition coefficient (Wildman–Crippen LogP) is 0.386. The Morgan fingerprint density at radius 2 is 1.56 bits per heavy atom. The SMILES string of the molecule is [CH]1NC2CC=CCC2N1. The molecule has 2 nitrogen and oxygen atoms in total. The van der Waals surface area contributed by atoms with Crippen LogP contribution in [0.2, 0.25) is 0 Å². The van der Waals surface area contributed by atoms with Gasteiger partial charge in [-0.2, -0.15) is 0 Å². The first kappa shape index (κ1) is 5.45. The molecule has 1 radical (unpaired) electrons. The molecule has 2 N–H and O–H groups in total. The third kappa shape index (κ3) is 0.884. The highest BCUT2D eigenvalue weighted by Gasteiger charge is 2.25. The van der Waals surface area contributed by atoms with Crippen LogP contribution in [-0.4, -0.2) is 12.1 Å². The Morgan fingerprint density at radius 1 is 1.00 bits per heavy atom. The van der Waals surface area contributed by atoms with Crippen LogP contribution >= 0.6 is 0 Å². The molecule has 0 aromatic carbocycles. The summed E-state index contributed by atoms with van der Waals surface area (Å²) >= 11 is 0. The zero-order chi connectivity index (χ0) is 6.10. The fraction of sp³-hybridized carbons (Fsp3) is 0.571. The van der Waals surface area contributed by atoms with Crippen molar-refractivity contribution in [1.82, 2.24) is 10.6 Å². The Hall–Kier alpha value is -0.340. The van der Waals surface area contributed by atoms with Crippen molar-refractivity contribution in [2.75, 3.05) is 0 Å². The molecule has 1 heterocycles. The normalized spacial score (nSPS) is 40.9. The minimum atomic E-state index is 0.662. The van der Waals surface area contributed by atoms with E-state index in [2.05, 4.69) is 22.8 Å². The van der Waals surface area contributed by atoms with Gasteiger partial charge in [0, 0.05) is 12.1 Å². The van der Waals surface area contributed by atoms with Gasteiger partial charge in [0.05, 0.1) is 6.67 Å². The Bertz CT molecular complexity index is 117. The molecule has 1 aliphatic carbocycles. The van der Waals surface area contributed by atoms with Crippen LogP contribution in [0.25, 0.3) is 0 Å². The summed E-state index contributed by atoms with van der Waals surface area (Å²) in [5.41, 5.74) is 0. The fourth-order valence-electron chi connectivity index (χ4n) is 1.44. The van der Waals surface area contributed by atoms with Crippen LogP contribution < -0.4 is 10.6 Å². The fourth-order valence-corrected chi connectivity index (χ4v) is 1.44. The summed E-state index contributed by atoms with van der Waals surface area (Å²) in [5.74, 6) is 0. The predicted molar refractivity (Wildman–Crippen MR) is 36.5 cm³/mol. The molecule has 2 atom stereocenters. The van der Waals surface area contributed by atoms with Crippen molar-refractivity contribution in [3.8, 4) is 0 Å². The standard InChI is InChI=1S/C7H11N2/c1-2-4-7-6(3-1)8-5-9-7/h1-2,5-9H,3-4H2. The van der Waals surface area contributed by atoms with Crippen molar-refractivity contribution >= 4 is 0 Å². The summed E-state index contributed by atoms with van der Waals surface area (Å²) in [4.78, 5) is 0. The van der Waals surface area contributed by atoms with Gasteiger partial charge in [-0.25, -0.2) is 0 Å². The van der Waals surface area contributed by atoms with Gasteiger partial charge in [0.1, 0.15) is 0 Å². The molecule has 0 aromatic heterocycles. The Kier molecular flexibility index (Phi) is 1.28. The molecule has 2 heteroatoms. The first-order valence-corrected chi connectivity index (χ1v) is 3.45. The lowest BCUT2D eigenvalue weighted by Gasteiger charge is -2.19. The monoisotopic (exact) mass is 123 g/mol. The number of rotatable bonds is 0. The molecule has 2 aliphatic rings. The summed E-state index contributed by atoms with van der Waals surface area (Å²) in [6.45, 7) is 1.96. The second-order valence-electron chi connectivity index (χ2n) is 2.63. The summed E-state index contributed by atoms with van der Waals surface area (Å²) in [6.07, 6.45) is 6.84. The first-order valence-electron chi connectivity index (χ1n) is 3.45. The van der Waals surface area contributed by atoms with Crippen LogP contribution in [0.15, 0.2) is 12.2 Å². The average molecular weight is 123 g/mol. The van der Waals surface area contributed by atoms with Gasteiger partial charge in [-0.3, -0.25) is 10.6 Å². The van der Waals surface area contributed by atoms with Crippen LogP contribution in [0.4, 0.5) is 0 Å². The van der Waals surface area contributed by atoms with E-state index in [1.165, 1.54) is 12.8 Å². The maximum Gasteiger partial charge on any atom is 0.0872 e. The summed E-state index contributed by atoms with van der Waals surface area (Å²) in [7, 11) is 0. The molecule has 1 saturated heterocycles. The quantitative estimate of drug-likeness (QED) is 0.455. The minimum Gasteiger partial charge on any atom is -0.295 e. The zero-order valence-electron chi connectivity index (χ0n) is 5.30. The summed E-state index contributed by atoms with van der Waals surface area (Å²) in [6, 6.07) is 1.32. The van der Waals surface area contributed by atoms with E-state index in [1.807, 2.05) is 6.67 Å². The number of nitrogens with one attached hydrogen (secondary N) is 2. The van der Waals surface area contributed by atoms with Crippen LogP contribution in [-0.2, 0) is 0 Å². The molecule has 49 valence electrons. The largest absolute Gasteiger partial charge is 0.295 e. The van der Waals surface area contributed by atoms with Gasteiger partial charge in [-0.05, 0) is 12.8 Å². The zero-order valence-corrected chi connectivity index (χ0v) is 5.30. The smallest absolute Gasteiger partial charge is 0.0872 e. The summed E-state index contributed by atoms with van der Waals surface area (Å²) in [5, 5.41) is 6.54. The van der Waals surface area contributed by atoms with Crippen molar-refractivity contribution < 1.29 is 0 Å². The summed E-state index contributed by atoms with van der Waals surface area (Å²) < 4.78 is 0. The molecule has 9 heavy (non-hydrogen) atoms. The van der Waals surface area contributed by atoms with Gasteiger partial charge in [-0.1, -0.05) is 12.2 Å². The maximum absolute atomic E-state index is 3.27. The number of hydrogen-bond acceptors (Lipinski definition) is 2. The van der Waals surface area contributed by atoms with Gasteiger partial charge in [0.15, 0.2) is 0 Å². The van der Waals surface area contributed by atoms with E-state index in [1.54, 1.807) is 0 Å². The van der Waals surface area contributed by atoms with E-state index < -0.39 is 0 Å². The van der Waals surface area contributed by atoms with Gasteiger partial charge < -0.3 is 0 Å². The van der Waals surface area contributed by atoms with E-state index in [-0.39, 0.29) is 0 Å². The Balaban J connectivity index is 2.07.